The van der Waals surface area contributed by atoms with Gasteiger partial charge in [0, 0.05) is 35.0 Å². The Balaban J connectivity index is 2.02. The number of benzene rings is 2. The van der Waals surface area contributed by atoms with Crippen molar-refractivity contribution in [2.45, 2.75) is 25.8 Å². The number of aromatic hydroxyl groups is 1. The fraction of sp³-hybridized carbons (Fsp3) is 0.389. The Morgan fingerprint density at radius 2 is 2.00 bits per heavy atom. The Bertz CT molecular complexity index is 746. The number of carbonyl (C=O) groups is 1. The summed E-state index contributed by atoms with van der Waals surface area (Å²) in [6, 6.07) is 8.83. The average molecular weight is 334 g/mol. The van der Waals surface area contributed by atoms with Gasteiger partial charge in [-0.25, -0.2) is 0 Å². The quantitative estimate of drug-likeness (QED) is 0.885. The number of halogens is 1. The molecule has 2 atom stereocenters. The van der Waals surface area contributed by atoms with E-state index in [2.05, 4.69) is 0 Å². The molecule has 0 saturated carbocycles. The van der Waals surface area contributed by atoms with Crippen LogP contribution in [0.5, 0.6) is 5.75 Å². The number of hydrogen-bond donors (Lipinski definition) is 2. The van der Waals surface area contributed by atoms with E-state index in [1.165, 1.54) is 6.07 Å². The van der Waals surface area contributed by atoms with Gasteiger partial charge in [-0.2, -0.15) is 0 Å². The first kappa shape index (κ1) is 16.1. The van der Waals surface area contributed by atoms with Gasteiger partial charge in [-0.15, -0.1) is 0 Å². The predicted octanol–water partition coefficient (Wildman–Crippen LogP) is 3.43. The number of aliphatic hydroxyl groups excluding tert-OH is 1. The number of phenolic OH excluding ortho intramolecular Hbond substituents is 1. The third-order valence-electron chi connectivity index (χ3n) is 4.69. The van der Waals surface area contributed by atoms with Gasteiger partial charge in [0.15, 0.2) is 0 Å². The van der Waals surface area contributed by atoms with E-state index in [0.717, 1.165) is 18.2 Å². The van der Waals surface area contributed by atoms with Crippen LogP contribution in [-0.4, -0.2) is 40.2 Å². The number of nitrogens with zero attached hydrogens (tertiary/aromatic N) is 1. The second-order valence-corrected chi connectivity index (χ2v) is 6.64. The summed E-state index contributed by atoms with van der Waals surface area (Å²) in [4.78, 5) is 14.6. The van der Waals surface area contributed by atoms with Crippen LogP contribution in [0.15, 0.2) is 30.3 Å². The molecule has 4 nitrogen and oxygen atoms in total. The summed E-state index contributed by atoms with van der Waals surface area (Å²) in [6.45, 7) is 2.56. The van der Waals surface area contributed by atoms with Gasteiger partial charge in [0.1, 0.15) is 5.75 Å². The van der Waals surface area contributed by atoms with Gasteiger partial charge in [-0.05, 0) is 31.7 Å². The van der Waals surface area contributed by atoms with Crippen molar-refractivity contribution in [1.29, 1.82) is 0 Å². The lowest BCUT2D eigenvalue weighted by molar-refractivity contribution is 0.0486. The minimum atomic E-state index is -0.235. The van der Waals surface area contributed by atoms with Gasteiger partial charge in [-0.3, -0.25) is 4.79 Å². The number of phenols is 1. The molecule has 1 aliphatic rings. The van der Waals surface area contributed by atoms with Gasteiger partial charge >= 0.3 is 0 Å². The topological polar surface area (TPSA) is 60.8 Å². The maximum Gasteiger partial charge on any atom is 0.257 e. The lowest BCUT2D eigenvalue weighted by Crippen LogP contribution is -2.46. The molecule has 2 N–H and O–H groups in total. The SMILES string of the molecule is CC1CCC(CO)CN1C(=O)c1cc(Cl)c2ccccc2c1O. The number of likely N-dealkylation sites (tertiary alicyclic amines) is 1. The molecule has 0 spiro atoms. The van der Waals surface area contributed by atoms with Crippen LogP contribution >= 0.6 is 11.6 Å². The molecule has 0 aliphatic carbocycles. The molecule has 0 bridgehead atoms. The minimum absolute atomic E-state index is 0.0340. The van der Waals surface area contributed by atoms with Crippen LogP contribution < -0.4 is 0 Å². The highest BCUT2D eigenvalue weighted by Crippen LogP contribution is 2.36. The average Bonchev–Trinajstić information content (AvgIpc) is 2.58. The largest absolute Gasteiger partial charge is 0.506 e. The Morgan fingerprint density at radius 3 is 2.70 bits per heavy atom. The van der Waals surface area contributed by atoms with E-state index in [-0.39, 0.29) is 35.8 Å². The maximum absolute atomic E-state index is 12.9. The number of rotatable bonds is 2. The highest BCUT2D eigenvalue weighted by atomic mass is 35.5. The molecule has 2 aromatic carbocycles. The highest BCUT2D eigenvalue weighted by molar-refractivity contribution is 6.36. The van der Waals surface area contributed by atoms with Crippen molar-refractivity contribution in [3.8, 4) is 5.75 Å². The molecule has 2 unspecified atom stereocenters. The molecule has 2 aromatic rings. The number of fused-ring (bicyclic) bond motifs is 1. The van der Waals surface area contributed by atoms with Crippen LogP contribution in [0.2, 0.25) is 5.02 Å². The summed E-state index contributed by atoms with van der Waals surface area (Å²) >= 11 is 6.29. The van der Waals surface area contributed by atoms with Crippen LogP contribution in [0, 0.1) is 5.92 Å². The summed E-state index contributed by atoms with van der Waals surface area (Å²) in [5, 5.41) is 21.7. The van der Waals surface area contributed by atoms with E-state index in [1.54, 1.807) is 17.0 Å². The third-order valence-corrected chi connectivity index (χ3v) is 5.01. The number of carbonyl (C=O) groups excluding carboxylic acids is 1. The van der Waals surface area contributed by atoms with Crippen molar-refractivity contribution in [2.75, 3.05) is 13.2 Å². The summed E-state index contributed by atoms with van der Waals surface area (Å²) in [6.07, 6.45) is 1.75. The molecular formula is C18H20ClNO3. The van der Waals surface area contributed by atoms with Gasteiger partial charge in [-0.1, -0.05) is 35.9 Å². The van der Waals surface area contributed by atoms with Crippen LogP contribution in [-0.2, 0) is 0 Å². The second-order valence-electron chi connectivity index (χ2n) is 6.23. The van der Waals surface area contributed by atoms with Crippen LogP contribution in [0.4, 0.5) is 0 Å². The van der Waals surface area contributed by atoms with Crippen LogP contribution in [0.25, 0.3) is 10.8 Å². The fourth-order valence-electron chi connectivity index (χ4n) is 3.25. The molecule has 122 valence electrons. The highest BCUT2D eigenvalue weighted by Gasteiger charge is 2.31. The minimum Gasteiger partial charge on any atom is -0.506 e. The molecule has 0 radical (unpaired) electrons. The van der Waals surface area contributed by atoms with Crippen molar-refractivity contribution >= 4 is 28.3 Å². The summed E-state index contributed by atoms with van der Waals surface area (Å²) in [7, 11) is 0. The zero-order chi connectivity index (χ0) is 16.6. The standard InChI is InChI=1S/C18H20ClNO3/c1-11-6-7-12(10-21)9-20(11)18(23)15-8-16(19)13-4-2-3-5-14(13)17(15)22/h2-5,8,11-12,21-22H,6-7,9-10H2,1H3. The van der Waals surface area contributed by atoms with E-state index >= 15 is 0 Å². The number of amides is 1. The number of piperidine rings is 1. The van der Waals surface area contributed by atoms with Crippen molar-refractivity contribution in [3.05, 3.63) is 40.9 Å². The third kappa shape index (κ3) is 2.89. The Kier molecular flexibility index (Phi) is 4.46. The second kappa shape index (κ2) is 6.38. The molecule has 0 aromatic heterocycles. The Morgan fingerprint density at radius 1 is 1.30 bits per heavy atom. The normalized spacial score (nSPS) is 21.6. The van der Waals surface area contributed by atoms with E-state index < -0.39 is 0 Å². The Labute approximate surface area is 140 Å². The lowest BCUT2D eigenvalue weighted by atomic mass is 9.93. The molecule has 5 heteroatoms. The monoisotopic (exact) mass is 333 g/mol. The molecular weight excluding hydrogens is 314 g/mol. The lowest BCUT2D eigenvalue weighted by Gasteiger charge is -2.37. The molecule has 1 saturated heterocycles. The van der Waals surface area contributed by atoms with E-state index in [4.69, 9.17) is 11.6 Å². The molecule has 1 amide bonds. The van der Waals surface area contributed by atoms with Crippen molar-refractivity contribution in [3.63, 3.8) is 0 Å². The zero-order valence-electron chi connectivity index (χ0n) is 13.0. The van der Waals surface area contributed by atoms with Gasteiger partial charge in [0.2, 0.25) is 0 Å². The number of aliphatic hydroxyl groups is 1. The summed E-state index contributed by atoms with van der Waals surface area (Å²) < 4.78 is 0. The first-order valence-corrected chi connectivity index (χ1v) is 8.22. The van der Waals surface area contributed by atoms with Crippen molar-refractivity contribution < 1.29 is 15.0 Å². The number of hydrogen-bond acceptors (Lipinski definition) is 3. The van der Waals surface area contributed by atoms with Crippen LogP contribution in [0.1, 0.15) is 30.1 Å². The molecule has 1 heterocycles. The van der Waals surface area contributed by atoms with Crippen molar-refractivity contribution in [2.24, 2.45) is 5.92 Å². The molecule has 1 fully saturated rings. The first-order chi connectivity index (χ1) is 11.0. The first-order valence-electron chi connectivity index (χ1n) is 7.85. The predicted molar refractivity (Wildman–Crippen MR) is 90.9 cm³/mol. The molecule has 1 aliphatic heterocycles. The smallest absolute Gasteiger partial charge is 0.257 e. The Hall–Kier alpha value is -1.78. The van der Waals surface area contributed by atoms with Crippen molar-refractivity contribution in [1.82, 2.24) is 4.90 Å². The summed E-state index contributed by atoms with van der Waals surface area (Å²) in [5.41, 5.74) is 0.221. The molecule has 23 heavy (non-hydrogen) atoms. The van der Waals surface area contributed by atoms with Crippen LogP contribution in [0.3, 0.4) is 0 Å². The van der Waals surface area contributed by atoms with E-state index in [0.29, 0.717) is 17.0 Å². The van der Waals surface area contributed by atoms with E-state index in [1.807, 2.05) is 19.1 Å². The van der Waals surface area contributed by atoms with E-state index in [9.17, 15) is 15.0 Å². The fourth-order valence-corrected chi connectivity index (χ4v) is 3.52. The van der Waals surface area contributed by atoms with Gasteiger partial charge in [0.05, 0.1) is 5.56 Å². The maximum atomic E-state index is 12.9. The zero-order valence-corrected chi connectivity index (χ0v) is 13.8. The molecule has 3 rings (SSSR count). The van der Waals surface area contributed by atoms with Gasteiger partial charge < -0.3 is 15.1 Å². The summed E-state index contributed by atoms with van der Waals surface area (Å²) in [5.74, 6) is -0.178. The van der Waals surface area contributed by atoms with Gasteiger partial charge in [0.25, 0.3) is 5.91 Å².